The Labute approximate surface area is 125 Å². The SMILES string of the molecule is CCCNC(C)Cc1ccc(OC/C(Cl)=C/Cl)cc1. The third kappa shape index (κ3) is 6.86. The lowest BCUT2D eigenvalue weighted by Crippen LogP contribution is -2.28. The molecule has 0 saturated heterocycles. The Morgan fingerprint density at radius 3 is 2.63 bits per heavy atom. The molecule has 4 heteroatoms. The molecule has 1 unspecified atom stereocenters. The zero-order valence-electron chi connectivity index (χ0n) is 11.5. The van der Waals surface area contributed by atoms with Gasteiger partial charge in [-0.25, -0.2) is 0 Å². The molecule has 0 aliphatic carbocycles. The summed E-state index contributed by atoms with van der Waals surface area (Å²) < 4.78 is 5.48. The predicted molar refractivity (Wildman–Crippen MR) is 83.2 cm³/mol. The molecule has 0 fully saturated rings. The fourth-order valence-corrected chi connectivity index (χ4v) is 1.84. The van der Waals surface area contributed by atoms with Gasteiger partial charge in [-0.2, -0.15) is 0 Å². The highest BCUT2D eigenvalue weighted by atomic mass is 35.5. The van der Waals surface area contributed by atoms with E-state index in [0.29, 0.717) is 17.7 Å². The van der Waals surface area contributed by atoms with Crippen LogP contribution >= 0.6 is 23.2 Å². The van der Waals surface area contributed by atoms with Crippen molar-refractivity contribution in [1.82, 2.24) is 5.32 Å². The van der Waals surface area contributed by atoms with Crippen LogP contribution in [0, 0.1) is 0 Å². The minimum absolute atomic E-state index is 0.304. The number of hydrogen-bond donors (Lipinski definition) is 1. The quantitative estimate of drug-likeness (QED) is 0.772. The molecule has 0 amide bonds. The van der Waals surface area contributed by atoms with Crippen LogP contribution in [0.5, 0.6) is 5.75 Å². The lowest BCUT2D eigenvalue weighted by molar-refractivity contribution is 0.359. The topological polar surface area (TPSA) is 21.3 Å². The van der Waals surface area contributed by atoms with Crippen LogP contribution in [0.2, 0.25) is 0 Å². The van der Waals surface area contributed by atoms with Gasteiger partial charge in [-0.05, 0) is 44.0 Å². The average Bonchev–Trinajstić information content (AvgIpc) is 2.44. The molecule has 19 heavy (non-hydrogen) atoms. The molecule has 0 bridgehead atoms. The Kier molecular flexibility index (Phi) is 7.96. The minimum Gasteiger partial charge on any atom is -0.488 e. The van der Waals surface area contributed by atoms with Crippen LogP contribution in [0.4, 0.5) is 0 Å². The van der Waals surface area contributed by atoms with E-state index in [4.69, 9.17) is 27.9 Å². The van der Waals surface area contributed by atoms with Gasteiger partial charge in [0.05, 0.1) is 5.03 Å². The van der Waals surface area contributed by atoms with Crippen molar-refractivity contribution < 1.29 is 4.74 Å². The number of nitrogens with one attached hydrogen (secondary N) is 1. The maximum Gasteiger partial charge on any atom is 0.125 e. The number of ether oxygens (including phenoxy) is 1. The van der Waals surface area contributed by atoms with Crippen molar-refractivity contribution in [3.8, 4) is 5.75 Å². The first-order valence-electron chi connectivity index (χ1n) is 6.55. The fourth-order valence-electron chi connectivity index (χ4n) is 1.72. The number of hydrogen-bond acceptors (Lipinski definition) is 2. The summed E-state index contributed by atoms with van der Waals surface area (Å²) in [6.45, 7) is 5.74. The molecule has 0 heterocycles. The summed E-state index contributed by atoms with van der Waals surface area (Å²) in [5.41, 5.74) is 2.61. The molecule has 0 aliphatic heterocycles. The fraction of sp³-hybridized carbons (Fsp3) is 0.467. The van der Waals surface area contributed by atoms with E-state index in [1.54, 1.807) is 0 Å². The lowest BCUT2D eigenvalue weighted by atomic mass is 10.1. The molecular formula is C15H21Cl2NO. The molecule has 1 atom stereocenters. The molecule has 1 aromatic carbocycles. The Morgan fingerprint density at radius 2 is 2.05 bits per heavy atom. The summed E-state index contributed by atoms with van der Waals surface area (Å²) >= 11 is 11.2. The smallest absolute Gasteiger partial charge is 0.125 e. The summed E-state index contributed by atoms with van der Waals surface area (Å²) in [5, 5.41) is 3.96. The van der Waals surface area contributed by atoms with Gasteiger partial charge in [0.1, 0.15) is 12.4 Å². The average molecular weight is 302 g/mol. The van der Waals surface area contributed by atoms with Gasteiger partial charge in [-0.3, -0.25) is 0 Å². The van der Waals surface area contributed by atoms with Crippen molar-refractivity contribution in [2.45, 2.75) is 32.7 Å². The number of rotatable bonds is 8. The van der Waals surface area contributed by atoms with Gasteiger partial charge >= 0.3 is 0 Å². The second-order valence-electron chi connectivity index (χ2n) is 4.55. The third-order valence-corrected chi connectivity index (χ3v) is 3.30. The van der Waals surface area contributed by atoms with Crippen molar-refractivity contribution in [3.05, 3.63) is 40.4 Å². The molecule has 0 saturated carbocycles. The largest absolute Gasteiger partial charge is 0.488 e. The Balaban J connectivity index is 2.43. The van der Waals surface area contributed by atoms with E-state index in [9.17, 15) is 0 Å². The van der Waals surface area contributed by atoms with Crippen LogP contribution < -0.4 is 10.1 Å². The normalized spacial score (nSPS) is 13.4. The molecular weight excluding hydrogens is 281 g/mol. The summed E-state index contributed by atoms with van der Waals surface area (Å²) in [6.07, 6.45) is 2.18. The molecule has 0 spiro atoms. The van der Waals surface area contributed by atoms with Crippen LogP contribution in [0.1, 0.15) is 25.8 Å². The first-order chi connectivity index (χ1) is 9.15. The Hall–Kier alpha value is -0.700. The van der Waals surface area contributed by atoms with Crippen LogP contribution in [-0.4, -0.2) is 19.2 Å². The first kappa shape index (κ1) is 16.4. The standard InChI is InChI=1S/C15H21Cl2NO/c1-3-8-18-12(2)9-13-4-6-15(7-5-13)19-11-14(17)10-16/h4-7,10,12,18H,3,8-9,11H2,1-2H3/b14-10-. The number of halogens is 2. The van der Waals surface area contributed by atoms with Crippen LogP contribution in [0.3, 0.4) is 0 Å². The van der Waals surface area contributed by atoms with Crippen LogP contribution in [-0.2, 0) is 6.42 Å². The van der Waals surface area contributed by atoms with E-state index in [1.807, 2.05) is 12.1 Å². The Bertz CT molecular complexity index is 390. The van der Waals surface area contributed by atoms with E-state index in [2.05, 4.69) is 31.3 Å². The molecule has 106 valence electrons. The van der Waals surface area contributed by atoms with Crippen LogP contribution in [0.15, 0.2) is 34.8 Å². The van der Waals surface area contributed by atoms with Gasteiger partial charge < -0.3 is 10.1 Å². The molecule has 0 aromatic heterocycles. The minimum atomic E-state index is 0.304. The number of benzene rings is 1. The molecule has 1 N–H and O–H groups in total. The van der Waals surface area contributed by atoms with Gasteiger partial charge in [0.2, 0.25) is 0 Å². The van der Waals surface area contributed by atoms with Crippen LogP contribution in [0.25, 0.3) is 0 Å². The van der Waals surface area contributed by atoms with E-state index < -0.39 is 0 Å². The predicted octanol–water partition coefficient (Wildman–Crippen LogP) is 4.32. The summed E-state index contributed by atoms with van der Waals surface area (Å²) in [7, 11) is 0. The van der Waals surface area contributed by atoms with Crippen molar-refractivity contribution in [3.63, 3.8) is 0 Å². The van der Waals surface area contributed by atoms with Gasteiger partial charge in [0.25, 0.3) is 0 Å². The highest BCUT2D eigenvalue weighted by molar-refractivity contribution is 6.36. The highest BCUT2D eigenvalue weighted by Crippen LogP contribution is 2.15. The molecule has 0 aliphatic rings. The van der Waals surface area contributed by atoms with Gasteiger partial charge in [-0.15, -0.1) is 0 Å². The van der Waals surface area contributed by atoms with Crippen molar-refractivity contribution in [1.29, 1.82) is 0 Å². The molecule has 0 radical (unpaired) electrons. The maximum absolute atomic E-state index is 5.76. The summed E-state index contributed by atoms with van der Waals surface area (Å²) in [6, 6.07) is 8.57. The highest BCUT2D eigenvalue weighted by Gasteiger charge is 2.03. The Morgan fingerprint density at radius 1 is 1.37 bits per heavy atom. The second-order valence-corrected chi connectivity index (χ2v) is 5.25. The third-order valence-electron chi connectivity index (χ3n) is 2.70. The van der Waals surface area contributed by atoms with E-state index in [0.717, 1.165) is 25.1 Å². The first-order valence-corrected chi connectivity index (χ1v) is 7.37. The molecule has 1 rings (SSSR count). The maximum atomic E-state index is 5.76. The summed E-state index contributed by atoms with van der Waals surface area (Å²) in [4.78, 5) is 0. The van der Waals surface area contributed by atoms with Gasteiger partial charge in [0, 0.05) is 11.6 Å². The zero-order chi connectivity index (χ0) is 14.1. The van der Waals surface area contributed by atoms with Crippen molar-refractivity contribution in [2.75, 3.05) is 13.2 Å². The van der Waals surface area contributed by atoms with E-state index in [-0.39, 0.29) is 0 Å². The zero-order valence-corrected chi connectivity index (χ0v) is 13.0. The van der Waals surface area contributed by atoms with Gasteiger partial charge in [-0.1, -0.05) is 42.3 Å². The lowest BCUT2D eigenvalue weighted by Gasteiger charge is -2.13. The summed E-state index contributed by atoms with van der Waals surface area (Å²) in [5.74, 6) is 0.801. The van der Waals surface area contributed by atoms with Crippen molar-refractivity contribution >= 4 is 23.2 Å². The van der Waals surface area contributed by atoms with E-state index >= 15 is 0 Å². The second kappa shape index (κ2) is 9.24. The monoisotopic (exact) mass is 301 g/mol. The van der Waals surface area contributed by atoms with Crippen molar-refractivity contribution in [2.24, 2.45) is 0 Å². The van der Waals surface area contributed by atoms with Gasteiger partial charge in [0.15, 0.2) is 0 Å². The molecule has 2 nitrogen and oxygen atoms in total. The van der Waals surface area contributed by atoms with E-state index in [1.165, 1.54) is 11.1 Å². The molecule has 1 aromatic rings.